The molecule has 9 nitrogen and oxygen atoms in total. The maximum Gasteiger partial charge on any atom is 0.397 e. The molecule has 0 spiro atoms. The Labute approximate surface area is 182 Å². The highest BCUT2D eigenvalue weighted by Crippen LogP contribution is 2.27. The highest BCUT2D eigenvalue weighted by atomic mass is 16.5. The molecule has 0 radical (unpaired) electrons. The molecule has 4 aliphatic rings. The third kappa shape index (κ3) is 3.51. The van der Waals surface area contributed by atoms with Gasteiger partial charge in [-0.15, -0.1) is 0 Å². The molecule has 0 aliphatic carbocycles. The van der Waals surface area contributed by atoms with Crippen molar-refractivity contribution in [1.82, 2.24) is 14.7 Å². The van der Waals surface area contributed by atoms with E-state index in [2.05, 4.69) is 39.5 Å². The second-order valence-electron chi connectivity index (χ2n) is 8.50. The van der Waals surface area contributed by atoms with Crippen molar-refractivity contribution in [2.75, 3.05) is 64.4 Å². The van der Waals surface area contributed by atoms with Crippen LogP contribution in [0.4, 0.5) is 10.5 Å². The molecular formula is C22H29N6O3+. The van der Waals surface area contributed by atoms with Gasteiger partial charge in [0, 0.05) is 39.6 Å². The van der Waals surface area contributed by atoms with Gasteiger partial charge in [-0.1, -0.05) is 17.1 Å². The molecule has 164 valence electrons. The summed E-state index contributed by atoms with van der Waals surface area (Å²) < 4.78 is 7.46. The number of fused-ring (bicyclic) bond motifs is 2. The van der Waals surface area contributed by atoms with E-state index >= 15 is 0 Å². The average molecular weight is 426 g/mol. The zero-order valence-electron chi connectivity index (χ0n) is 18.2. The van der Waals surface area contributed by atoms with E-state index in [1.54, 1.807) is 11.9 Å². The lowest BCUT2D eigenvalue weighted by molar-refractivity contribution is -0.539. The minimum absolute atomic E-state index is 0.170. The zero-order chi connectivity index (χ0) is 21.5. The number of guanidine groups is 1. The number of amides is 3. The van der Waals surface area contributed by atoms with Gasteiger partial charge in [0.25, 0.3) is 5.91 Å². The SMILES string of the molecule is Cc1cccc(N2CCC[N+]3=C2N=C2C3C(=O)N(CCN3CCOCC3)C(=O)N2C)c1. The molecule has 0 saturated carbocycles. The zero-order valence-corrected chi connectivity index (χ0v) is 18.2. The maximum atomic E-state index is 13.5. The van der Waals surface area contributed by atoms with Gasteiger partial charge in [0.2, 0.25) is 11.9 Å². The van der Waals surface area contributed by atoms with Gasteiger partial charge >= 0.3 is 12.0 Å². The van der Waals surface area contributed by atoms with Gasteiger partial charge in [0.1, 0.15) is 5.69 Å². The summed E-state index contributed by atoms with van der Waals surface area (Å²) >= 11 is 0. The van der Waals surface area contributed by atoms with E-state index in [9.17, 15) is 9.59 Å². The molecule has 2 saturated heterocycles. The maximum absolute atomic E-state index is 13.5. The topological polar surface area (TPSA) is 71.7 Å². The summed E-state index contributed by atoms with van der Waals surface area (Å²) in [7, 11) is 1.72. The standard InChI is InChI=1S/C22H29N6O3/c1-16-5-3-6-17(15-16)26-7-4-8-27-18-19(23-21(26)27)24(2)22(30)28(20(18)29)10-9-25-11-13-31-14-12-25/h3,5-6,15,18H,4,7-14H2,1-2H3/q+1. The molecule has 3 amide bonds. The number of rotatable bonds is 4. The number of likely N-dealkylation sites (N-methyl/N-ethyl adjacent to an activating group) is 1. The van der Waals surface area contributed by atoms with Crippen LogP contribution in [-0.2, 0) is 9.53 Å². The van der Waals surface area contributed by atoms with E-state index in [1.807, 2.05) is 6.07 Å². The van der Waals surface area contributed by atoms with Gasteiger partial charge < -0.3 is 4.74 Å². The Hall–Kier alpha value is -2.78. The number of benzene rings is 1. The Morgan fingerprint density at radius 3 is 2.74 bits per heavy atom. The molecule has 1 unspecified atom stereocenters. The lowest BCUT2D eigenvalue weighted by Crippen LogP contribution is -2.64. The Balaban J connectivity index is 1.42. The summed E-state index contributed by atoms with van der Waals surface area (Å²) in [6.07, 6.45) is 0.926. The molecule has 0 N–H and O–H groups in total. The number of hydrogen-bond donors (Lipinski definition) is 0. The van der Waals surface area contributed by atoms with Crippen molar-refractivity contribution in [3.8, 4) is 0 Å². The fourth-order valence-electron chi connectivity index (χ4n) is 4.76. The monoisotopic (exact) mass is 425 g/mol. The second kappa shape index (κ2) is 8.05. The van der Waals surface area contributed by atoms with E-state index in [1.165, 1.54) is 10.5 Å². The van der Waals surface area contributed by atoms with Crippen molar-refractivity contribution in [1.29, 1.82) is 0 Å². The number of carbonyl (C=O) groups excluding carboxylic acids is 2. The third-order valence-corrected chi connectivity index (χ3v) is 6.47. The first-order chi connectivity index (χ1) is 15.0. The first-order valence-electron chi connectivity index (χ1n) is 11.0. The predicted octanol–water partition coefficient (Wildman–Crippen LogP) is 0.581. The van der Waals surface area contributed by atoms with Crippen molar-refractivity contribution >= 4 is 29.4 Å². The van der Waals surface area contributed by atoms with Crippen LogP contribution in [0.2, 0.25) is 0 Å². The van der Waals surface area contributed by atoms with Crippen LogP contribution in [0.5, 0.6) is 0 Å². The first-order valence-corrected chi connectivity index (χ1v) is 11.0. The molecular weight excluding hydrogens is 396 g/mol. The van der Waals surface area contributed by atoms with Crippen LogP contribution in [-0.4, -0.2) is 109 Å². The number of anilines is 1. The quantitative estimate of drug-likeness (QED) is 0.660. The van der Waals surface area contributed by atoms with Crippen molar-refractivity contribution < 1.29 is 18.9 Å². The van der Waals surface area contributed by atoms with Gasteiger partial charge in [-0.2, -0.15) is 0 Å². The van der Waals surface area contributed by atoms with Gasteiger partial charge in [0.05, 0.1) is 26.3 Å². The minimum atomic E-state index is -0.532. The van der Waals surface area contributed by atoms with Crippen molar-refractivity contribution in [3.05, 3.63) is 29.8 Å². The van der Waals surface area contributed by atoms with Gasteiger partial charge in [-0.05, 0) is 24.6 Å². The van der Waals surface area contributed by atoms with Crippen molar-refractivity contribution in [3.63, 3.8) is 0 Å². The molecule has 1 aromatic rings. The summed E-state index contributed by atoms with van der Waals surface area (Å²) in [5.41, 5.74) is 2.24. The van der Waals surface area contributed by atoms with Crippen LogP contribution in [0.1, 0.15) is 12.0 Å². The van der Waals surface area contributed by atoms with Crippen LogP contribution >= 0.6 is 0 Å². The molecule has 4 heterocycles. The van der Waals surface area contributed by atoms with E-state index in [0.29, 0.717) is 32.1 Å². The molecule has 4 aliphatic heterocycles. The molecule has 1 aromatic carbocycles. The molecule has 5 rings (SSSR count). The van der Waals surface area contributed by atoms with Crippen molar-refractivity contribution in [2.45, 2.75) is 19.4 Å². The minimum Gasteiger partial charge on any atom is -0.379 e. The van der Waals surface area contributed by atoms with Crippen LogP contribution < -0.4 is 4.90 Å². The molecule has 9 heteroatoms. The summed E-state index contributed by atoms with van der Waals surface area (Å²) in [6.45, 7) is 7.76. The highest BCUT2D eigenvalue weighted by Gasteiger charge is 2.54. The van der Waals surface area contributed by atoms with Gasteiger partial charge in [-0.25, -0.2) is 14.3 Å². The number of nitrogens with zero attached hydrogens (tertiary/aromatic N) is 6. The molecule has 31 heavy (non-hydrogen) atoms. The molecule has 1 atom stereocenters. The third-order valence-electron chi connectivity index (χ3n) is 6.47. The van der Waals surface area contributed by atoms with Crippen LogP contribution in [0.15, 0.2) is 29.3 Å². The summed E-state index contributed by atoms with van der Waals surface area (Å²) in [5.74, 6) is 1.13. The fourth-order valence-corrected chi connectivity index (χ4v) is 4.76. The lowest BCUT2D eigenvalue weighted by atomic mass is 10.1. The number of aliphatic imine (C=N–C) groups is 1. The predicted molar refractivity (Wildman–Crippen MR) is 117 cm³/mol. The summed E-state index contributed by atoms with van der Waals surface area (Å²) in [6, 6.07) is 7.47. The number of aryl methyl sites for hydroxylation is 1. The molecule has 2 fully saturated rings. The van der Waals surface area contributed by atoms with Crippen LogP contribution in [0.25, 0.3) is 0 Å². The summed E-state index contributed by atoms with van der Waals surface area (Å²) in [5, 5.41) is 0. The Kier molecular flexibility index (Phi) is 5.23. The van der Waals surface area contributed by atoms with E-state index in [0.717, 1.165) is 44.2 Å². The van der Waals surface area contributed by atoms with E-state index < -0.39 is 6.04 Å². The van der Waals surface area contributed by atoms with E-state index in [-0.39, 0.29) is 11.9 Å². The Morgan fingerprint density at radius 2 is 1.97 bits per heavy atom. The number of hydrogen-bond acceptors (Lipinski definition) is 6. The van der Waals surface area contributed by atoms with Crippen molar-refractivity contribution in [2.24, 2.45) is 4.99 Å². The Morgan fingerprint density at radius 1 is 1.16 bits per heavy atom. The molecule has 0 bridgehead atoms. The second-order valence-corrected chi connectivity index (χ2v) is 8.50. The number of imide groups is 1. The normalized spacial score (nSPS) is 24.5. The van der Waals surface area contributed by atoms with Gasteiger partial charge in [0.15, 0.2) is 0 Å². The van der Waals surface area contributed by atoms with Crippen LogP contribution in [0, 0.1) is 6.92 Å². The fraction of sp³-hybridized carbons (Fsp3) is 0.545. The highest BCUT2D eigenvalue weighted by molar-refractivity contribution is 6.24. The lowest BCUT2D eigenvalue weighted by Gasteiger charge is -2.36. The number of morpholine rings is 1. The smallest absolute Gasteiger partial charge is 0.379 e. The van der Waals surface area contributed by atoms with Crippen LogP contribution in [0.3, 0.4) is 0 Å². The number of urea groups is 1. The molecule has 0 aromatic heterocycles. The van der Waals surface area contributed by atoms with Gasteiger partial charge in [-0.3, -0.25) is 19.5 Å². The average Bonchev–Trinajstić information content (AvgIpc) is 3.18. The summed E-state index contributed by atoms with van der Waals surface area (Å²) in [4.78, 5) is 38.6. The first kappa shape index (κ1) is 20.1. The van der Waals surface area contributed by atoms with E-state index in [4.69, 9.17) is 9.73 Å². The Bertz CT molecular complexity index is 968. The number of ether oxygens (including phenoxy) is 1. The number of carbonyl (C=O) groups is 2. The largest absolute Gasteiger partial charge is 0.397 e. The number of amidine groups is 1.